The predicted octanol–water partition coefficient (Wildman–Crippen LogP) is 5.08. The Morgan fingerprint density at radius 3 is 2.58 bits per heavy atom. The highest BCUT2D eigenvalue weighted by Crippen LogP contribution is 2.38. The van der Waals surface area contributed by atoms with Crippen LogP contribution in [0.5, 0.6) is 0 Å². The first-order valence-electron chi connectivity index (χ1n) is 8.65. The highest BCUT2D eigenvalue weighted by atomic mass is 16.4. The second-order valence-corrected chi connectivity index (χ2v) is 7.38. The summed E-state index contributed by atoms with van der Waals surface area (Å²) >= 11 is 0. The first kappa shape index (κ1) is 17.9. The van der Waals surface area contributed by atoms with Gasteiger partial charge in [-0.1, -0.05) is 18.2 Å². The maximum atomic E-state index is 11.2. The van der Waals surface area contributed by atoms with Gasteiger partial charge in [-0.3, -0.25) is 4.99 Å². The van der Waals surface area contributed by atoms with Gasteiger partial charge in [0, 0.05) is 24.5 Å². The van der Waals surface area contributed by atoms with Gasteiger partial charge in [0.25, 0.3) is 0 Å². The number of anilines is 1. The molecule has 0 spiro atoms. The van der Waals surface area contributed by atoms with Gasteiger partial charge in [-0.15, -0.1) is 0 Å². The number of hydrogen-bond donors (Lipinski definition) is 1. The molecule has 0 aliphatic carbocycles. The Bertz CT molecular complexity index is 939. The smallest absolute Gasteiger partial charge is 0.335 e. The quantitative estimate of drug-likeness (QED) is 0.787. The summed E-state index contributed by atoms with van der Waals surface area (Å²) in [5.74, 6) is -0.943. The van der Waals surface area contributed by atoms with Crippen LogP contribution in [0.4, 0.5) is 11.4 Å². The number of benzene rings is 2. The lowest BCUT2D eigenvalue weighted by Gasteiger charge is -2.40. The predicted molar refractivity (Wildman–Crippen MR) is 108 cm³/mol. The van der Waals surface area contributed by atoms with Crippen molar-refractivity contribution in [3.05, 3.63) is 64.7 Å². The van der Waals surface area contributed by atoms with E-state index < -0.39 is 5.97 Å². The van der Waals surface area contributed by atoms with Crippen molar-refractivity contribution in [3.63, 3.8) is 0 Å². The largest absolute Gasteiger partial charge is 0.478 e. The first-order chi connectivity index (χ1) is 12.2. The summed E-state index contributed by atoms with van der Waals surface area (Å²) in [4.78, 5) is 17.9. The van der Waals surface area contributed by atoms with Gasteiger partial charge >= 0.3 is 5.97 Å². The standard InChI is InChI=1S/C22H24N2O2/c1-14-6-8-17(21(25)26)11-19(14)23-13-16-7-9-20-18(10-16)15(2)12-22(3,4)24(20)5/h6-13H,1-5H3,(H,25,26). The lowest BCUT2D eigenvalue weighted by molar-refractivity contribution is 0.0697. The molecular formula is C22H24N2O2. The molecule has 0 saturated heterocycles. The van der Waals surface area contributed by atoms with Crippen molar-refractivity contribution >= 4 is 29.1 Å². The van der Waals surface area contributed by atoms with Crippen LogP contribution in [-0.4, -0.2) is 29.9 Å². The normalized spacial score (nSPS) is 15.7. The summed E-state index contributed by atoms with van der Waals surface area (Å²) in [6.07, 6.45) is 4.07. The van der Waals surface area contributed by atoms with Gasteiger partial charge in [0.05, 0.1) is 16.8 Å². The van der Waals surface area contributed by atoms with Crippen LogP contribution in [0, 0.1) is 6.92 Å². The number of carboxylic acids is 1. The number of fused-ring (bicyclic) bond motifs is 1. The summed E-state index contributed by atoms with van der Waals surface area (Å²) in [5.41, 5.74) is 6.50. The van der Waals surface area contributed by atoms with Gasteiger partial charge in [0.15, 0.2) is 0 Å². The summed E-state index contributed by atoms with van der Waals surface area (Å²) in [7, 11) is 2.11. The fourth-order valence-electron chi connectivity index (χ4n) is 3.28. The number of aryl methyl sites for hydroxylation is 1. The van der Waals surface area contributed by atoms with Crippen LogP contribution in [0.3, 0.4) is 0 Å². The molecule has 0 fully saturated rings. The Balaban J connectivity index is 1.96. The molecule has 134 valence electrons. The zero-order valence-corrected chi connectivity index (χ0v) is 15.9. The second-order valence-electron chi connectivity index (χ2n) is 7.38. The van der Waals surface area contributed by atoms with Crippen molar-refractivity contribution in [1.29, 1.82) is 0 Å². The molecule has 1 N–H and O–H groups in total. The molecule has 1 heterocycles. The number of allylic oxidation sites excluding steroid dienone is 1. The summed E-state index contributed by atoms with van der Waals surface area (Å²) < 4.78 is 0. The fraction of sp³-hybridized carbons (Fsp3) is 0.273. The van der Waals surface area contributed by atoms with E-state index >= 15 is 0 Å². The molecule has 0 amide bonds. The third-order valence-electron chi connectivity index (χ3n) is 5.05. The maximum absolute atomic E-state index is 11.2. The fourth-order valence-corrected chi connectivity index (χ4v) is 3.28. The van der Waals surface area contributed by atoms with E-state index in [-0.39, 0.29) is 11.1 Å². The Hall–Kier alpha value is -2.88. The molecular weight excluding hydrogens is 324 g/mol. The van der Waals surface area contributed by atoms with E-state index in [0.717, 1.165) is 11.1 Å². The molecule has 4 heteroatoms. The van der Waals surface area contributed by atoms with E-state index in [1.807, 2.05) is 13.0 Å². The van der Waals surface area contributed by atoms with E-state index in [9.17, 15) is 4.79 Å². The topological polar surface area (TPSA) is 52.9 Å². The highest BCUT2D eigenvalue weighted by molar-refractivity contribution is 5.91. The van der Waals surface area contributed by atoms with Gasteiger partial charge in [0.2, 0.25) is 0 Å². The second kappa shape index (κ2) is 6.45. The van der Waals surface area contributed by atoms with E-state index in [2.05, 4.69) is 55.9 Å². The lowest BCUT2D eigenvalue weighted by Crippen LogP contribution is -2.42. The molecule has 0 aromatic heterocycles. The number of aliphatic imine (C=N–C) groups is 1. The van der Waals surface area contributed by atoms with E-state index in [0.29, 0.717) is 5.69 Å². The lowest BCUT2D eigenvalue weighted by atomic mass is 9.89. The number of aromatic carboxylic acids is 1. The number of hydrogen-bond acceptors (Lipinski definition) is 3. The Morgan fingerprint density at radius 1 is 1.15 bits per heavy atom. The summed E-state index contributed by atoms with van der Waals surface area (Å²) in [6, 6.07) is 11.3. The number of nitrogens with zero attached hydrogens (tertiary/aromatic N) is 2. The molecule has 0 unspecified atom stereocenters. The minimum absolute atomic E-state index is 0.0128. The zero-order chi connectivity index (χ0) is 19.1. The molecule has 2 aromatic carbocycles. The SMILES string of the molecule is CC1=CC(C)(C)N(C)c2ccc(C=Nc3cc(C(=O)O)ccc3C)cc21. The van der Waals surface area contributed by atoms with Gasteiger partial charge in [-0.25, -0.2) is 4.79 Å². The zero-order valence-electron chi connectivity index (χ0n) is 15.9. The molecule has 0 atom stereocenters. The minimum Gasteiger partial charge on any atom is -0.478 e. The van der Waals surface area contributed by atoms with Crippen molar-refractivity contribution in [3.8, 4) is 0 Å². The van der Waals surface area contributed by atoms with E-state index in [4.69, 9.17) is 5.11 Å². The Labute approximate surface area is 154 Å². The molecule has 26 heavy (non-hydrogen) atoms. The number of carbonyl (C=O) groups is 1. The molecule has 1 aliphatic rings. The molecule has 4 nitrogen and oxygen atoms in total. The third-order valence-corrected chi connectivity index (χ3v) is 5.05. The number of rotatable bonds is 3. The average molecular weight is 348 g/mol. The van der Waals surface area contributed by atoms with Crippen LogP contribution in [0.1, 0.15) is 47.8 Å². The minimum atomic E-state index is -0.943. The maximum Gasteiger partial charge on any atom is 0.335 e. The molecule has 0 saturated carbocycles. The average Bonchev–Trinajstić information content (AvgIpc) is 2.58. The highest BCUT2D eigenvalue weighted by Gasteiger charge is 2.28. The van der Waals surface area contributed by atoms with Crippen LogP contribution in [0.2, 0.25) is 0 Å². The van der Waals surface area contributed by atoms with Crippen molar-refractivity contribution in [2.24, 2.45) is 4.99 Å². The summed E-state index contributed by atoms with van der Waals surface area (Å²) in [5, 5.41) is 9.15. The number of carboxylic acid groups (broad SMARTS) is 1. The third kappa shape index (κ3) is 3.27. The van der Waals surface area contributed by atoms with E-state index in [1.165, 1.54) is 16.8 Å². The van der Waals surface area contributed by atoms with Crippen LogP contribution < -0.4 is 4.90 Å². The first-order valence-corrected chi connectivity index (χ1v) is 8.65. The molecule has 0 bridgehead atoms. The van der Waals surface area contributed by atoms with Crippen molar-refractivity contribution in [2.45, 2.75) is 33.2 Å². The van der Waals surface area contributed by atoms with Crippen molar-refractivity contribution in [1.82, 2.24) is 0 Å². The molecule has 2 aromatic rings. The van der Waals surface area contributed by atoms with Gasteiger partial charge in [0.1, 0.15) is 0 Å². The van der Waals surface area contributed by atoms with Gasteiger partial charge in [-0.2, -0.15) is 0 Å². The van der Waals surface area contributed by atoms with Crippen LogP contribution in [-0.2, 0) is 0 Å². The van der Waals surface area contributed by atoms with Gasteiger partial charge in [-0.05, 0) is 68.7 Å². The Morgan fingerprint density at radius 2 is 1.88 bits per heavy atom. The van der Waals surface area contributed by atoms with Crippen molar-refractivity contribution < 1.29 is 9.90 Å². The Kier molecular flexibility index (Phi) is 4.45. The number of likely N-dealkylation sites (N-methyl/N-ethyl adjacent to an activating group) is 1. The summed E-state index contributed by atoms with van der Waals surface area (Å²) in [6.45, 7) is 8.46. The molecule has 0 radical (unpaired) electrons. The van der Waals surface area contributed by atoms with Crippen LogP contribution in [0.25, 0.3) is 5.57 Å². The monoisotopic (exact) mass is 348 g/mol. The molecule has 3 rings (SSSR count). The van der Waals surface area contributed by atoms with Gasteiger partial charge < -0.3 is 10.0 Å². The van der Waals surface area contributed by atoms with Crippen LogP contribution in [0.15, 0.2) is 47.5 Å². The van der Waals surface area contributed by atoms with Crippen LogP contribution >= 0.6 is 0 Å². The molecule has 1 aliphatic heterocycles. The van der Waals surface area contributed by atoms with E-state index in [1.54, 1.807) is 24.4 Å². The van der Waals surface area contributed by atoms with Crippen molar-refractivity contribution in [2.75, 3.05) is 11.9 Å².